The number of carbonyl (C=O) groups is 2. The molecular formula is C16H19N3O3. The minimum atomic E-state index is -1.03. The van der Waals surface area contributed by atoms with Crippen LogP contribution in [0.15, 0.2) is 36.5 Å². The first-order valence-electron chi connectivity index (χ1n) is 7.02. The molecule has 0 aliphatic carbocycles. The maximum Gasteiger partial charge on any atom is 0.323 e. The van der Waals surface area contributed by atoms with Gasteiger partial charge in [-0.3, -0.25) is 14.3 Å². The van der Waals surface area contributed by atoms with Crippen molar-refractivity contribution in [1.29, 1.82) is 0 Å². The lowest BCUT2D eigenvalue weighted by atomic mass is 10.1. The van der Waals surface area contributed by atoms with Gasteiger partial charge in [0.05, 0.1) is 11.3 Å². The molecule has 22 heavy (non-hydrogen) atoms. The van der Waals surface area contributed by atoms with Crippen LogP contribution in [0.3, 0.4) is 0 Å². The fourth-order valence-corrected chi connectivity index (χ4v) is 2.30. The molecule has 0 unspecified atom stereocenters. The van der Waals surface area contributed by atoms with Crippen molar-refractivity contribution in [2.24, 2.45) is 7.05 Å². The highest BCUT2D eigenvalue weighted by molar-refractivity contribution is 5.96. The zero-order valence-electron chi connectivity index (χ0n) is 12.7. The second-order valence-electron chi connectivity index (χ2n) is 5.16. The van der Waals surface area contributed by atoms with E-state index >= 15 is 0 Å². The molecule has 2 rings (SSSR count). The Kier molecular flexibility index (Phi) is 4.93. The number of aryl methyl sites for hydroxylation is 2. The smallest absolute Gasteiger partial charge is 0.323 e. The van der Waals surface area contributed by atoms with E-state index in [-0.39, 0.29) is 12.5 Å². The molecule has 0 radical (unpaired) electrons. The molecule has 1 aromatic heterocycles. The summed E-state index contributed by atoms with van der Waals surface area (Å²) in [6, 6.07) is 9.67. The maximum atomic E-state index is 12.5. The average Bonchev–Trinajstić information content (AvgIpc) is 2.82. The monoisotopic (exact) mass is 301 g/mol. The van der Waals surface area contributed by atoms with Gasteiger partial charge in [0.2, 0.25) is 0 Å². The van der Waals surface area contributed by atoms with Crippen LogP contribution in [0.1, 0.15) is 21.6 Å². The first-order valence-corrected chi connectivity index (χ1v) is 7.02. The normalized spacial score (nSPS) is 10.5. The predicted octanol–water partition coefficient (Wildman–Crippen LogP) is 1.50. The van der Waals surface area contributed by atoms with Gasteiger partial charge in [0.1, 0.15) is 6.54 Å². The topological polar surface area (TPSA) is 75.4 Å². The van der Waals surface area contributed by atoms with Crippen molar-refractivity contribution in [3.63, 3.8) is 0 Å². The molecule has 2 aromatic rings. The summed E-state index contributed by atoms with van der Waals surface area (Å²) < 4.78 is 1.55. The summed E-state index contributed by atoms with van der Waals surface area (Å²) in [6.07, 6.45) is 2.23. The zero-order chi connectivity index (χ0) is 16.1. The van der Waals surface area contributed by atoms with Crippen LogP contribution in [-0.4, -0.2) is 44.8 Å². The van der Waals surface area contributed by atoms with E-state index in [0.29, 0.717) is 24.2 Å². The molecule has 116 valence electrons. The highest BCUT2D eigenvalue weighted by Gasteiger charge is 2.21. The van der Waals surface area contributed by atoms with E-state index < -0.39 is 5.97 Å². The number of hydrogen-bond donors (Lipinski definition) is 1. The van der Waals surface area contributed by atoms with Crippen LogP contribution in [-0.2, 0) is 18.3 Å². The Morgan fingerprint density at radius 3 is 2.50 bits per heavy atom. The summed E-state index contributed by atoms with van der Waals surface area (Å²) in [4.78, 5) is 24.9. The first-order chi connectivity index (χ1) is 10.5. The molecule has 0 aliphatic rings. The van der Waals surface area contributed by atoms with Crippen LogP contribution in [0, 0.1) is 6.92 Å². The molecule has 0 atom stereocenters. The van der Waals surface area contributed by atoms with Crippen molar-refractivity contribution in [2.45, 2.75) is 13.3 Å². The Morgan fingerprint density at radius 2 is 1.95 bits per heavy atom. The number of aliphatic carboxylic acids is 1. The number of carbonyl (C=O) groups excluding carboxylic acids is 1. The van der Waals surface area contributed by atoms with Crippen LogP contribution in [0.5, 0.6) is 0 Å². The molecule has 1 aromatic carbocycles. The van der Waals surface area contributed by atoms with Crippen LogP contribution in [0.25, 0.3) is 0 Å². The predicted molar refractivity (Wildman–Crippen MR) is 81.6 cm³/mol. The number of carboxylic acid groups (broad SMARTS) is 1. The van der Waals surface area contributed by atoms with Crippen molar-refractivity contribution in [2.75, 3.05) is 13.1 Å². The summed E-state index contributed by atoms with van der Waals surface area (Å²) >= 11 is 0. The van der Waals surface area contributed by atoms with Gasteiger partial charge in [0, 0.05) is 19.8 Å². The van der Waals surface area contributed by atoms with Crippen LogP contribution >= 0.6 is 0 Å². The van der Waals surface area contributed by atoms with Gasteiger partial charge in [0.15, 0.2) is 0 Å². The number of carboxylic acids is 1. The van der Waals surface area contributed by atoms with Gasteiger partial charge in [-0.05, 0) is 18.9 Å². The van der Waals surface area contributed by atoms with Crippen molar-refractivity contribution in [3.8, 4) is 0 Å². The van der Waals surface area contributed by atoms with Gasteiger partial charge in [-0.1, -0.05) is 30.3 Å². The van der Waals surface area contributed by atoms with Crippen molar-refractivity contribution in [1.82, 2.24) is 14.7 Å². The van der Waals surface area contributed by atoms with Gasteiger partial charge in [-0.25, -0.2) is 0 Å². The van der Waals surface area contributed by atoms with E-state index in [1.807, 2.05) is 30.3 Å². The quantitative estimate of drug-likeness (QED) is 0.877. The van der Waals surface area contributed by atoms with Gasteiger partial charge in [0.25, 0.3) is 5.91 Å². The molecule has 6 nitrogen and oxygen atoms in total. The van der Waals surface area contributed by atoms with E-state index in [4.69, 9.17) is 5.11 Å². The Labute approximate surface area is 129 Å². The van der Waals surface area contributed by atoms with Crippen LogP contribution in [0.2, 0.25) is 0 Å². The Morgan fingerprint density at radius 1 is 1.27 bits per heavy atom. The molecule has 0 fully saturated rings. The maximum absolute atomic E-state index is 12.5. The van der Waals surface area contributed by atoms with Crippen molar-refractivity contribution in [3.05, 3.63) is 53.3 Å². The highest BCUT2D eigenvalue weighted by atomic mass is 16.4. The third kappa shape index (κ3) is 3.94. The summed E-state index contributed by atoms with van der Waals surface area (Å²) in [6.45, 7) is 1.77. The standard InChI is InChI=1S/C16H19N3O3/c1-12-14(10-18(2)17-12)16(22)19(11-15(20)21)9-8-13-6-4-3-5-7-13/h3-7,10H,8-9,11H2,1-2H3,(H,20,21). The van der Waals surface area contributed by atoms with Gasteiger partial charge in [-0.2, -0.15) is 5.10 Å². The fraction of sp³-hybridized carbons (Fsp3) is 0.312. The number of amides is 1. The van der Waals surface area contributed by atoms with Crippen molar-refractivity contribution < 1.29 is 14.7 Å². The van der Waals surface area contributed by atoms with Crippen LogP contribution in [0.4, 0.5) is 0 Å². The van der Waals surface area contributed by atoms with E-state index in [1.165, 1.54) is 4.90 Å². The second-order valence-corrected chi connectivity index (χ2v) is 5.16. The zero-order valence-corrected chi connectivity index (χ0v) is 12.7. The number of nitrogens with zero attached hydrogens (tertiary/aromatic N) is 3. The van der Waals surface area contributed by atoms with Crippen molar-refractivity contribution >= 4 is 11.9 Å². The molecule has 1 amide bonds. The third-order valence-electron chi connectivity index (χ3n) is 3.37. The summed E-state index contributed by atoms with van der Waals surface area (Å²) in [5.74, 6) is -1.33. The molecule has 6 heteroatoms. The first kappa shape index (κ1) is 15.8. The lowest BCUT2D eigenvalue weighted by molar-refractivity contribution is -0.137. The Balaban J connectivity index is 2.13. The molecule has 0 saturated heterocycles. The Bertz CT molecular complexity index is 665. The summed E-state index contributed by atoms with van der Waals surface area (Å²) in [5, 5.41) is 13.2. The number of rotatable bonds is 6. The van der Waals surface area contributed by atoms with E-state index in [1.54, 1.807) is 24.9 Å². The molecular weight excluding hydrogens is 282 g/mol. The minimum absolute atomic E-state index is 0.302. The largest absolute Gasteiger partial charge is 0.480 e. The molecule has 1 heterocycles. The van der Waals surface area contributed by atoms with E-state index in [0.717, 1.165) is 5.56 Å². The van der Waals surface area contributed by atoms with Gasteiger partial charge in [-0.15, -0.1) is 0 Å². The molecule has 0 saturated carbocycles. The third-order valence-corrected chi connectivity index (χ3v) is 3.37. The number of hydrogen-bond acceptors (Lipinski definition) is 3. The lowest BCUT2D eigenvalue weighted by Gasteiger charge is -2.20. The fourth-order valence-electron chi connectivity index (χ4n) is 2.30. The second kappa shape index (κ2) is 6.89. The lowest BCUT2D eigenvalue weighted by Crippen LogP contribution is -2.37. The molecule has 0 spiro atoms. The number of benzene rings is 1. The van der Waals surface area contributed by atoms with Gasteiger partial charge >= 0.3 is 5.97 Å². The van der Waals surface area contributed by atoms with Crippen LogP contribution < -0.4 is 0 Å². The average molecular weight is 301 g/mol. The van der Waals surface area contributed by atoms with E-state index in [2.05, 4.69) is 5.10 Å². The molecule has 1 N–H and O–H groups in total. The number of aromatic nitrogens is 2. The summed E-state index contributed by atoms with van der Waals surface area (Å²) in [5.41, 5.74) is 2.10. The van der Waals surface area contributed by atoms with E-state index in [9.17, 15) is 9.59 Å². The highest BCUT2D eigenvalue weighted by Crippen LogP contribution is 2.10. The minimum Gasteiger partial charge on any atom is -0.480 e. The molecule has 0 bridgehead atoms. The van der Waals surface area contributed by atoms with Gasteiger partial charge < -0.3 is 10.0 Å². The summed E-state index contributed by atoms with van der Waals surface area (Å²) in [7, 11) is 1.73. The Hall–Kier alpha value is -2.63. The molecule has 0 aliphatic heterocycles. The SMILES string of the molecule is Cc1nn(C)cc1C(=O)N(CCc1ccccc1)CC(=O)O.